The number of hydrogen-bond acceptors (Lipinski definition) is 2. The molecule has 0 radical (unpaired) electrons. The average molecular weight is 154 g/mol. The van der Waals surface area contributed by atoms with Crippen molar-refractivity contribution in [2.75, 3.05) is 20.6 Å². The van der Waals surface area contributed by atoms with Gasteiger partial charge >= 0.3 is 0 Å². The van der Waals surface area contributed by atoms with Crippen LogP contribution in [0.2, 0.25) is 0 Å². The average Bonchev–Trinajstić information content (AvgIpc) is 2.44. The van der Waals surface area contributed by atoms with Gasteiger partial charge in [-0.3, -0.25) is 0 Å². The van der Waals surface area contributed by atoms with Crippen molar-refractivity contribution in [1.29, 1.82) is 0 Å². The van der Waals surface area contributed by atoms with E-state index in [1.165, 1.54) is 13.0 Å². The van der Waals surface area contributed by atoms with Crippen LogP contribution in [0.3, 0.4) is 0 Å². The Labute approximate surface area is 69.0 Å². The van der Waals surface area contributed by atoms with Crippen molar-refractivity contribution >= 4 is 0 Å². The molecule has 0 spiro atoms. The largest absolute Gasteiger partial charge is 0.313 e. The van der Waals surface area contributed by atoms with Crippen molar-refractivity contribution in [2.24, 2.45) is 11.8 Å². The fourth-order valence-electron chi connectivity index (χ4n) is 2.59. The van der Waals surface area contributed by atoms with Crippen molar-refractivity contribution in [3.8, 4) is 0 Å². The van der Waals surface area contributed by atoms with Crippen molar-refractivity contribution in [3.05, 3.63) is 0 Å². The van der Waals surface area contributed by atoms with E-state index < -0.39 is 0 Å². The summed E-state index contributed by atoms with van der Waals surface area (Å²) in [5, 5.41) is 3.55. The molecule has 3 aliphatic rings. The molecular formula is C9H18N2. The molecule has 1 aliphatic carbocycles. The second-order valence-corrected chi connectivity index (χ2v) is 4.29. The van der Waals surface area contributed by atoms with Gasteiger partial charge in [-0.05, 0) is 45.8 Å². The van der Waals surface area contributed by atoms with Gasteiger partial charge in [0.1, 0.15) is 0 Å². The molecule has 0 aromatic rings. The number of nitrogens with zero attached hydrogens (tertiary/aromatic N) is 1. The van der Waals surface area contributed by atoms with Crippen LogP contribution in [0.25, 0.3) is 0 Å². The van der Waals surface area contributed by atoms with Crippen LogP contribution in [-0.2, 0) is 0 Å². The predicted molar refractivity (Wildman–Crippen MR) is 46.5 cm³/mol. The van der Waals surface area contributed by atoms with E-state index in [0.29, 0.717) is 0 Å². The van der Waals surface area contributed by atoms with Gasteiger partial charge in [-0.1, -0.05) is 0 Å². The lowest BCUT2D eigenvalue weighted by Gasteiger charge is -2.41. The first-order valence-electron chi connectivity index (χ1n) is 4.60. The standard InChI is InChI=1S/C9H18N2/c1-6(11(2)3)9-7-4-8(9)10-5-7/h6-10H,4-5H2,1-3H3. The molecule has 2 nitrogen and oxygen atoms in total. The van der Waals surface area contributed by atoms with E-state index in [9.17, 15) is 0 Å². The van der Waals surface area contributed by atoms with E-state index in [-0.39, 0.29) is 0 Å². The minimum Gasteiger partial charge on any atom is -0.313 e. The second-order valence-electron chi connectivity index (χ2n) is 4.29. The van der Waals surface area contributed by atoms with E-state index in [4.69, 9.17) is 0 Å². The molecule has 0 aromatic heterocycles. The summed E-state index contributed by atoms with van der Waals surface area (Å²) in [6.07, 6.45) is 1.43. The Bertz CT molecular complexity index is 142. The fraction of sp³-hybridized carbons (Fsp3) is 1.00. The van der Waals surface area contributed by atoms with Gasteiger partial charge in [0.25, 0.3) is 0 Å². The molecule has 3 rings (SSSR count). The normalized spacial score (nSPS) is 44.2. The van der Waals surface area contributed by atoms with Gasteiger partial charge in [-0.15, -0.1) is 0 Å². The molecule has 2 heteroatoms. The van der Waals surface area contributed by atoms with E-state index in [0.717, 1.165) is 23.9 Å². The Balaban J connectivity index is 1.96. The first kappa shape index (κ1) is 7.56. The number of nitrogens with one attached hydrogen (secondary N) is 1. The lowest BCUT2D eigenvalue weighted by Crippen LogP contribution is -2.48. The lowest BCUT2D eigenvalue weighted by atomic mass is 9.70. The Kier molecular flexibility index (Phi) is 1.69. The lowest BCUT2D eigenvalue weighted by molar-refractivity contribution is 0.104. The highest BCUT2D eigenvalue weighted by Gasteiger charge is 2.49. The van der Waals surface area contributed by atoms with Crippen LogP contribution in [0.1, 0.15) is 13.3 Å². The van der Waals surface area contributed by atoms with E-state index >= 15 is 0 Å². The molecule has 2 bridgehead atoms. The maximum atomic E-state index is 3.55. The summed E-state index contributed by atoms with van der Waals surface area (Å²) >= 11 is 0. The van der Waals surface area contributed by atoms with E-state index in [1.54, 1.807) is 0 Å². The van der Waals surface area contributed by atoms with Crippen LogP contribution < -0.4 is 5.32 Å². The Morgan fingerprint density at radius 3 is 2.55 bits per heavy atom. The van der Waals surface area contributed by atoms with Gasteiger partial charge in [-0.2, -0.15) is 0 Å². The smallest absolute Gasteiger partial charge is 0.0117 e. The zero-order valence-electron chi connectivity index (χ0n) is 7.67. The molecule has 1 saturated carbocycles. The molecule has 2 heterocycles. The maximum Gasteiger partial charge on any atom is 0.0117 e. The number of fused-ring (bicyclic) bond motifs is 1. The Morgan fingerprint density at radius 1 is 1.45 bits per heavy atom. The van der Waals surface area contributed by atoms with Crippen molar-refractivity contribution in [1.82, 2.24) is 10.2 Å². The molecule has 4 atom stereocenters. The molecule has 4 unspecified atom stereocenters. The van der Waals surface area contributed by atoms with Crippen LogP contribution in [-0.4, -0.2) is 37.6 Å². The maximum absolute atomic E-state index is 3.55. The molecule has 0 aromatic carbocycles. The molecule has 2 saturated heterocycles. The first-order chi connectivity index (χ1) is 5.20. The van der Waals surface area contributed by atoms with Crippen LogP contribution in [0.4, 0.5) is 0 Å². The van der Waals surface area contributed by atoms with Crippen molar-refractivity contribution < 1.29 is 0 Å². The van der Waals surface area contributed by atoms with Crippen LogP contribution in [0, 0.1) is 11.8 Å². The summed E-state index contributed by atoms with van der Waals surface area (Å²) in [6.45, 7) is 3.62. The third-order valence-corrected chi connectivity index (χ3v) is 3.58. The molecule has 0 amide bonds. The summed E-state index contributed by atoms with van der Waals surface area (Å²) in [5.41, 5.74) is 0. The summed E-state index contributed by atoms with van der Waals surface area (Å²) in [6, 6.07) is 1.60. The molecule has 11 heavy (non-hydrogen) atoms. The Hall–Kier alpha value is -0.0800. The molecule has 64 valence electrons. The van der Waals surface area contributed by atoms with E-state index in [2.05, 4.69) is 31.2 Å². The van der Waals surface area contributed by atoms with Gasteiger partial charge in [0, 0.05) is 12.1 Å². The summed E-state index contributed by atoms with van der Waals surface area (Å²) in [7, 11) is 4.37. The van der Waals surface area contributed by atoms with Crippen LogP contribution in [0.15, 0.2) is 0 Å². The minimum absolute atomic E-state index is 0.758. The SMILES string of the molecule is CC(C1C2CNC1C2)N(C)C. The summed E-state index contributed by atoms with van der Waals surface area (Å²) in [5.74, 6) is 1.92. The first-order valence-corrected chi connectivity index (χ1v) is 4.60. The Morgan fingerprint density at radius 2 is 2.18 bits per heavy atom. The highest BCUT2D eigenvalue weighted by molar-refractivity contribution is 5.05. The quantitative estimate of drug-likeness (QED) is 0.624. The molecule has 1 N–H and O–H groups in total. The molecule has 2 aliphatic heterocycles. The van der Waals surface area contributed by atoms with Gasteiger partial charge in [0.2, 0.25) is 0 Å². The molecule has 3 fully saturated rings. The van der Waals surface area contributed by atoms with Crippen molar-refractivity contribution in [3.63, 3.8) is 0 Å². The van der Waals surface area contributed by atoms with Gasteiger partial charge < -0.3 is 10.2 Å². The minimum atomic E-state index is 0.758. The van der Waals surface area contributed by atoms with Gasteiger partial charge in [-0.25, -0.2) is 0 Å². The van der Waals surface area contributed by atoms with E-state index in [1.807, 2.05) is 0 Å². The highest BCUT2D eigenvalue weighted by Crippen LogP contribution is 2.42. The van der Waals surface area contributed by atoms with Gasteiger partial charge in [0.05, 0.1) is 0 Å². The summed E-state index contributed by atoms with van der Waals surface area (Å²) < 4.78 is 0. The number of rotatable bonds is 2. The topological polar surface area (TPSA) is 15.3 Å². The fourth-order valence-corrected chi connectivity index (χ4v) is 2.59. The third-order valence-electron chi connectivity index (χ3n) is 3.58. The highest BCUT2D eigenvalue weighted by atomic mass is 15.1. The third kappa shape index (κ3) is 1.00. The number of hydrogen-bond donors (Lipinski definition) is 1. The van der Waals surface area contributed by atoms with Crippen LogP contribution >= 0.6 is 0 Å². The van der Waals surface area contributed by atoms with Crippen LogP contribution in [0.5, 0.6) is 0 Å². The zero-order chi connectivity index (χ0) is 8.01. The molecular weight excluding hydrogens is 136 g/mol. The predicted octanol–water partition coefficient (Wildman–Crippen LogP) is 0.544. The van der Waals surface area contributed by atoms with Crippen molar-refractivity contribution in [2.45, 2.75) is 25.4 Å². The zero-order valence-corrected chi connectivity index (χ0v) is 7.67. The second kappa shape index (κ2) is 2.46. The monoisotopic (exact) mass is 154 g/mol. The summed E-state index contributed by atoms with van der Waals surface area (Å²) in [4.78, 5) is 2.34. The van der Waals surface area contributed by atoms with Gasteiger partial charge in [0.15, 0.2) is 0 Å².